The van der Waals surface area contributed by atoms with Gasteiger partial charge in [0.25, 0.3) is 0 Å². The van der Waals surface area contributed by atoms with Crippen molar-refractivity contribution >= 4 is 40.6 Å². The van der Waals surface area contributed by atoms with Gasteiger partial charge in [-0.2, -0.15) is 5.10 Å². The van der Waals surface area contributed by atoms with E-state index in [0.717, 1.165) is 30.7 Å². The van der Waals surface area contributed by atoms with Crippen LogP contribution in [0.25, 0.3) is 0 Å². The molecule has 0 atom stereocenters. The molecule has 0 saturated heterocycles. The van der Waals surface area contributed by atoms with Crippen LogP contribution in [-0.2, 0) is 29.4 Å². The minimum atomic E-state index is -0.105. The maximum atomic E-state index is 11.4. The van der Waals surface area contributed by atoms with Gasteiger partial charge in [0, 0.05) is 44.2 Å². The van der Waals surface area contributed by atoms with E-state index in [4.69, 9.17) is 5.73 Å². The van der Waals surface area contributed by atoms with Gasteiger partial charge in [0.15, 0.2) is 5.78 Å². The number of carbonyl (C=O) groups excluding carboxylic acids is 5. The number of hydrogen-bond acceptors (Lipinski definition) is 8. The highest BCUT2D eigenvalue weighted by atomic mass is 16.2. The molecule has 0 unspecified atom stereocenters. The van der Waals surface area contributed by atoms with E-state index in [1.807, 2.05) is 27.7 Å². The molecular weight excluding hydrogens is 470 g/mol. The molecule has 9 N–H and O–H groups in total. The highest BCUT2D eigenvalue weighted by Gasteiger charge is 2.03. The summed E-state index contributed by atoms with van der Waals surface area (Å²) >= 11 is 0. The monoisotopic (exact) mass is 520 g/mol. The zero-order valence-corrected chi connectivity index (χ0v) is 23.2. The Morgan fingerprint density at radius 1 is 0.694 bits per heavy atom. The Morgan fingerprint density at radius 3 is 1.50 bits per heavy atom. The first-order chi connectivity index (χ1) is 15.8. The molecule has 0 aliphatic heterocycles. The predicted molar refractivity (Wildman–Crippen MR) is 145 cm³/mol. The molecule has 0 aliphatic carbocycles. The number of ketones is 3. The van der Waals surface area contributed by atoms with Crippen molar-refractivity contribution in [2.24, 2.45) is 15.8 Å². The zero-order chi connectivity index (χ0) is 26.9. The maximum Gasteiger partial charge on any atom is 0.240 e. The summed E-state index contributed by atoms with van der Waals surface area (Å²) in [6.07, 6.45) is 4.81. The van der Waals surface area contributed by atoms with Gasteiger partial charge in [-0.05, 0) is 67.2 Å². The smallest absolute Gasteiger partial charge is 0.240 e. The van der Waals surface area contributed by atoms with E-state index in [2.05, 4.69) is 20.8 Å². The summed E-state index contributed by atoms with van der Waals surface area (Å²) in [6.45, 7) is 10.8. The van der Waals surface area contributed by atoms with Gasteiger partial charge in [0.2, 0.25) is 11.8 Å². The minimum Gasteiger partial charge on any atom is -0.457 e. The molecule has 0 aromatic carbocycles. The summed E-state index contributed by atoms with van der Waals surface area (Å²) in [5.74, 6) is 0.271. The normalized spacial score (nSPS) is 8.67. The van der Waals surface area contributed by atoms with Crippen LogP contribution in [-0.4, -0.2) is 66.2 Å². The molecular formula is C24H50N5O7+. The molecule has 2 amide bonds. The lowest BCUT2D eigenvalue weighted by Crippen LogP contribution is -2.18. The van der Waals surface area contributed by atoms with E-state index in [1.165, 1.54) is 13.8 Å². The number of hydrazone groups is 1. The lowest BCUT2D eigenvalue weighted by atomic mass is 10.1. The van der Waals surface area contributed by atoms with Crippen LogP contribution in [0.4, 0.5) is 0 Å². The Balaban J connectivity index is -0.000000155. The second-order valence-electron chi connectivity index (χ2n) is 8.13. The number of rotatable bonds is 14. The first-order valence-electron chi connectivity index (χ1n) is 11.5. The van der Waals surface area contributed by atoms with Crippen LogP contribution in [0.3, 0.4) is 0 Å². The number of aliphatic imine (C=N–C) groups is 1. The standard InChI is InChI=1S/C13H23N3O2.C8H16N2O2.C3H6O.2H2O/c1-10(2)14-9-12(17)7-5-6-8-13(18)16-15-11(3)4;1-10-8(12)5-3-2-4-7(11)6-9;1-3(2)4;;/h5-9H2,1-4H3,(H,16,18);2-6,9H2,1H3,(H,10,12);1-2H3;2*1H2/p+1. The molecule has 0 rings (SSSR count). The molecule has 0 aromatic heterocycles. The van der Waals surface area contributed by atoms with Crippen molar-refractivity contribution in [1.82, 2.24) is 10.7 Å². The van der Waals surface area contributed by atoms with Crippen molar-refractivity contribution in [3.05, 3.63) is 0 Å². The highest BCUT2D eigenvalue weighted by Crippen LogP contribution is 2.01. The Bertz CT molecular complexity index is 628. The number of hydrogen-bond donors (Lipinski definition) is 3. The summed E-state index contributed by atoms with van der Waals surface area (Å²) in [4.78, 5) is 57.6. The zero-order valence-electron chi connectivity index (χ0n) is 23.2. The molecule has 12 heteroatoms. The van der Waals surface area contributed by atoms with Gasteiger partial charge in [0.05, 0.1) is 13.1 Å². The van der Waals surface area contributed by atoms with Crippen molar-refractivity contribution in [1.29, 1.82) is 0 Å². The molecule has 36 heavy (non-hydrogen) atoms. The van der Waals surface area contributed by atoms with Crippen LogP contribution in [0.5, 0.6) is 0 Å². The number of nitrogens with two attached hydrogens (primary N) is 1. The third kappa shape index (κ3) is 44.8. The molecule has 0 aliphatic rings. The molecule has 0 fully saturated rings. The van der Waals surface area contributed by atoms with Crippen LogP contribution in [0.15, 0.2) is 10.1 Å². The van der Waals surface area contributed by atoms with Crippen LogP contribution >= 0.6 is 0 Å². The van der Waals surface area contributed by atoms with E-state index < -0.39 is 0 Å². The van der Waals surface area contributed by atoms with Crippen LogP contribution in [0.2, 0.25) is 0 Å². The lowest BCUT2D eigenvalue weighted by Gasteiger charge is -2.00. The summed E-state index contributed by atoms with van der Waals surface area (Å²) in [7, 11) is 1.60. The summed E-state index contributed by atoms with van der Waals surface area (Å²) in [5.41, 5.74) is 9.29. The quantitative estimate of drug-likeness (QED) is 0.130. The van der Waals surface area contributed by atoms with E-state index in [-0.39, 0.29) is 53.2 Å². The predicted octanol–water partition coefficient (Wildman–Crippen LogP) is 0.778. The highest BCUT2D eigenvalue weighted by molar-refractivity contribution is 5.86. The number of nitrogens with zero attached hydrogens (tertiary/aromatic N) is 2. The fourth-order valence-electron chi connectivity index (χ4n) is 2.00. The number of amides is 2. The van der Waals surface area contributed by atoms with Gasteiger partial charge in [-0.3, -0.25) is 24.2 Å². The second-order valence-corrected chi connectivity index (χ2v) is 8.13. The first-order valence-corrected chi connectivity index (χ1v) is 11.5. The Kier molecular flexibility index (Phi) is 36.3. The second kappa shape index (κ2) is 30.2. The Morgan fingerprint density at radius 2 is 1.11 bits per heavy atom. The molecule has 12 nitrogen and oxygen atoms in total. The molecule has 0 heterocycles. The van der Waals surface area contributed by atoms with Crippen LogP contribution in [0, 0.1) is 0 Å². The van der Waals surface area contributed by atoms with Gasteiger partial charge >= 0.3 is 0 Å². The summed E-state index contributed by atoms with van der Waals surface area (Å²) in [6, 6.07) is 0. The third-order valence-electron chi connectivity index (χ3n) is 3.70. The molecule has 0 bridgehead atoms. The van der Waals surface area contributed by atoms with E-state index in [0.29, 0.717) is 32.1 Å². The van der Waals surface area contributed by atoms with E-state index in [1.54, 1.807) is 7.05 Å². The number of unbranched alkanes of at least 4 members (excludes halogenated alkanes) is 2. The molecule has 0 aromatic rings. The largest absolute Gasteiger partial charge is 0.457 e. The van der Waals surface area contributed by atoms with Crippen molar-refractivity contribution in [3.63, 3.8) is 0 Å². The SMILES string of the molecule is CC(C)=NCC(=O)CCCCC(=O)NN=C(C)C.CC(C)=O.CNC(=O)CCCCC(=O)CN.O.[OH3+]. The molecule has 0 spiro atoms. The average molecular weight is 521 g/mol. The summed E-state index contributed by atoms with van der Waals surface area (Å²) < 4.78 is 0. The van der Waals surface area contributed by atoms with Crippen molar-refractivity contribution < 1.29 is 34.9 Å². The maximum absolute atomic E-state index is 11.4. The van der Waals surface area contributed by atoms with E-state index >= 15 is 0 Å². The topological polar surface area (TPSA) is 225 Å². The van der Waals surface area contributed by atoms with Crippen molar-refractivity contribution in [2.45, 2.75) is 92.9 Å². The number of Topliss-reactive ketones (excluding diaryl/α,β-unsaturated/α-hetero) is 3. The van der Waals surface area contributed by atoms with Crippen molar-refractivity contribution in [3.8, 4) is 0 Å². The van der Waals surface area contributed by atoms with Crippen molar-refractivity contribution in [2.75, 3.05) is 20.1 Å². The lowest BCUT2D eigenvalue weighted by molar-refractivity contribution is -0.122. The average Bonchev–Trinajstić information content (AvgIpc) is 2.76. The number of nitrogens with one attached hydrogen (secondary N) is 2. The van der Waals surface area contributed by atoms with Gasteiger partial charge < -0.3 is 26.8 Å². The van der Waals surface area contributed by atoms with E-state index in [9.17, 15) is 24.0 Å². The first kappa shape index (κ1) is 43.3. The fourth-order valence-corrected chi connectivity index (χ4v) is 2.00. The van der Waals surface area contributed by atoms with Gasteiger partial charge in [-0.25, -0.2) is 5.43 Å². The van der Waals surface area contributed by atoms with Gasteiger partial charge in [0.1, 0.15) is 11.6 Å². The van der Waals surface area contributed by atoms with Gasteiger partial charge in [-0.1, -0.05) is 0 Å². The molecule has 212 valence electrons. The molecule has 0 radical (unpaired) electrons. The van der Waals surface area contributed by atoms with Crippen LogP contribution < -0.4 is 16.5 Å². The summed E-state index contributed by atoms with van der Waals surface area (Å²) in [5, 5.41) is 6.34. The Labute approximate surface area is 215 Å². The number of carbonyl (C=O) groups is 5. The minimum absolute atomic E-state index is 0. The Hall–Kier alpha value is -2.83. The van der Waals surface area contributed by atoms with Crippen LogP contribution in [0.1, 0.15) is 92.9 Å². The fraction of sp³-hybridized carbons (Fsp3) is 0.708. The third-order valence-corrected chi connectivity index (χ3v) is 3.70. The molecule has 0 saturated carbocycles. The van der Waals surface area contributed by atoms with Gasteiger partial charge in [-0.15, -0.1) is 0 Å².